The molecule has 0 aromatic heterocycles. The topological polar surface area (TPSA) is 23.8 Å². The molecule has 0 aliphatic carbocycles. The third-order valence-electron chi connectivity index (χ3n) is 1.76. The van der Waals surface area contributed by atoms with Crippen LogP contribution in [-0.2, 0) is 0 Å². The van der Waals surface area contributed by atoms with Gasteiger partial charge in [-0.15, -0.1) is 0 Å². The van der Waals surface area contributed by atoms with Crippen LogP contribution in [0.15, 0.2) is 30.3 Å². The second-order valence-corrected chi connectivity index (χ2v) is 3.36. The number of hydrogen-bond donors (Lipinski definition) is 0. The molecule has 2 heteroatoms. The van der Waals surface area contributed by atoms with Crippen molar-refractivity contribution in [3.63, 3.8) is 0 Å². The van der Waals surface area contributed by atoms with Gasteiger partial charge in [-0.1, -0.05) is 46.3 Å². The minimum Gasteiger partial charge on any atom is -0.198 e. The van der Waals surface area contributed by atoms with Gasteiger partial charge in [0.2, 0.25) is 0 Å². The molecule has 0 saturated heterocycles. The van der Waals surface area contributed by atoms with Crippen molar-refractivity contribution in [1.29, 1.82) is 5.26 Å². The van der Waals surface area contributed by atoms with Crippen LogP contribution in [0.1, 0.15) is 17.9 Å². The number of alkyl halides is 1. The molecule has 1 rings (SSSR count). The quantitative estimate of drug-likeness (QED) is 0.723. The van der Waals surface area contributed by atoms with Gasteiger partial charge in [0.15, 0.2) is 0 Å². The molecule has 1 nitrogen and oxygen atoms in total. The van der Waals surface area contributed by atoms with Gasteiger partial charge in [0, 0.05) is 5.33 Å². The van der Waals surface area contributed by atoms with Crippen LogP contribution in [0.5, 0.6) is 0 Å². The summed E-state index contributed by atoms with van der Waals surface area (Å²) in [7, 11) is 0. The van der Waals surface area contributed by atoms with Gasteiger partial charge in [0.05, 0.1) is 12.0 Å². The van der Waals surface area contributed by atoms with Crippen LogP contribution in [0.4, 0.5) is 0 Å². The van der Waals surface area contributed by atoms with E-state index in [0.717, 1.165) is 17.3 Å². The highest BCUT2D eigenvalue weighted by atomic mass is 79.9. The van der Waals surface area contributed by atoms with E-state index in [1.54, 1.807) is 0 Å². The van der Waals surface area contributed by atoms with E-state index in [4.69, 9.17) is 5.26 Å². The van der Waals surface area contributed by atoms with Crippen molar-refractivity contribution in [2.75, 3.05) is 5.33 Å². The van der Waals surface area contributed by atoms with Crippen LogP contribution < -0.4 is 0 Å². The summed E-state index contributed by atoms with van der Waals surface area (Å²) in [5.74, 6) is 0.0329. The lowest BCUT2D eigenvalue weighted by molar-refractivity contribution is 0.831. The minimum atomic E-state index is 0.0329. The fourth-order valence-corrected chi connectivity index (χ4v) is 1.56. The van der Waals surface area contributed by atoms with Crippen LogP contribution in [0.3, 0.4) is 0 Å². The standard InChI is InChI=1S/C10H10BrN/c11-7-6-10(8-12)9-4-2-1-3-5-9/h1-5,10H,6-7H2. The molecule has 12 heavy (non-hydrogen) atoms. The Morgan fingerprint density at radius 3 is 2.50 bits per heavy atom. The second-order valence-electron chi connectivity index (χ2n) is 2.57. The molecule has 0 heterocycles. The Morgan fingerprint density at radius 1 is 1.33 bits per heavy atom. The molecule has 0 fully saturated rings. The molecular weight excluding hydrogens is 214 g/mol. The van der Waals surface area contributed by atoms with Gasteiger partial charge in [0.1, 0.15) is 0 Å². The molecule has 1 unspecified atom stereocenters. The average Bonchev–Trinajstić information content (AvgIpc) is 2.15. The Bertz CT molecular complexity index is 263. The van der Waals surface area contributed by atoms with Gasteiger partial charge in [0.25, 0.3) is 0 Å². The summed E-state index contributed by atoms with van der Waals surface area (Å²) in [6.07, 6.45) is 0.876. The van der Waals surface area contributed by atoms with Crippen molar-refractivity contribution < 1.29 is 0 Å². The van der Waals surface area contributed by atoms with E-state index in [1.807, 2.05) is 30.3 Å². The van der Waals surface area contributed by atoms with Crippen molar-refractivity contribution in [1.82, 2.24) is 0 Å². The fraction of sp³-hybridized carbons (Fsp3) is 0.300. The van der Waals surface area contributed by atoms with Crippen molar-refractivity contribution in [3.05, 3.63) is 35.9 Å². The fourth-order valence-electron chi connectivity index (χ4n) is 1.10. The van der Waals surface area contributed by atoms with Gasteiger partial charge in [-0.05, 0) is 12.0 Å². The minimum absolute atomic E-state index is 0.0329. The first-order valence-electron chi connectivity index (χ1n) is 3.89. The van der Waals surface area contributed by atoms with Crippen LogP contribution in [-0.4, -0.2) is 5.33 Å². The van der Waals surface area contributed by atoms with Crippen LogP contribution in [0, 0.1) is 11.3 Å². The first-order chi connectivity index (χ1) is 5.88. The monoisotopic (exact) mass is 223 g/mol. The van der Waals surface area contributed by atoms with E-state index in [0.29, 0.717) is 0 Å². The van der Waals surface area contributed by atoms with Crippen molar-refractivity contribution >= 4 is 15.9 Å². The molecule has 0 radical (unpaired) electrons. The number of benzene rings is 1. The molecule has 62 valence electrons. The van der Waals surface area contributed by atoms with Gasteiger partial charge in [-0.2, -0.15) is 5.26 Å². The maximum atomic E-state index is 8.84. The van der Waals surface area contributed by atoms with E-state index >= 15 is 0 Å². The molecular formula is C10H10BrN. The highest BCUT2D eigenvalue weighted by Crippen LogP contribution is 2.18. The largest absolute Gasteiger partial charge is 0.198 e. The Morgan fingerprint density at radius 2 is 2.00 bits per heavy atom. The van der Waals surface area contributed by atoms with Crippen LogP contribution in [0.25, 0.3) is 0 Å². The average molecular weight is 224 g/mol. The van der Waals surface area contributed by atoms with Gasteiger partial charge < -0.3 is 0 Å². The number of nitrogens with zero attached hydrogens (tertiary/aromatic N) is 1. The third-order valence-corrected chi connectivity index (χ3v) is 2.21. The zero-order valence-corrected chi connectivity index (χ0v) is 8.29. The predicted molar refractivity (Wildman–Crippen MR) is 53.2 cm³/mol. The maximum Gasteiger partial charge on any atom is 0.0720 e. The lowest BCUT2D eigenvalue weighted by atomic mass is 9.98. The Hall–Kier alpha value is -0.810. The molecule has 0 aliphatic rings. The van der Waals surface area contributed by atoms with E-state index < -0.39 is 0 Å². The predicted octanol–water partition coefficient (Wildman–Crippen LogP) is 3.08. The summed E-state index contributed by atoms with van der Waals surface area (Å²) in [6, 6.07) is 12.2. The molecule has 1 atom stereocenters. The van der Waals surface area contributed by atoms with E-state index in [9.17, 15) is 0 Å². The molecule has 1 aromatic rings. The number of nitriles is 1. The lowest BCUT2D eigenvalue weighted by Crippen LogP contribution is -1.95. The Labute approximate surface area is 81.2 Å². The normalized spacial score (nSPS) is 12.0. The number of halogens is 1. The zero-order chi connectivity index (χ0) is 8.81. The molecule has 0 aliphatic heterocycles. The molecule has 0 saturated carbocycles. The third kappa shape index (κ3) is 2.35. The van der Waals surface area contributed by atoms with E-state index in [2.05, 4.69) is 22.0 Å². The lowest BCUT2D eigenvalue weighted by Gasteiger charge is -2.05. The molecule has 1 aromatic carbocycles. The second kappa shape index (κ2) is 4.95. The molecule has 0 bridgehead atoms. The van der Waals surface area contributed by atoms with Crippen molar-refractivity contribution in [3.8, 4) is 6.07 Å². The SMILES string of the molecule is N#CC(CCBr)c1ccccc1. The first kappa shape index (κ1) is 9.28. The highest BCUT2D eigenvalue weighted by Gasteiger charge is 2.07. The molecule has 0 amide bonds. The highest BCUT2D eigenvalue weighted by molar-refractivity contribution is 9.09. The van der Waals surface area contributed by atoms with Crippen LogP contribution in [0.2, 0.25) is 0 Å². The Balaban J connectivity index is 2.75. The van der Waals surface area contributed by atoms with Gasteiger partial charge in [-0.3, -0.25) is 0 Å². The van der Waals surface area contributed by atoms with Gasteiger partial charge >= 0.3 is 0 Å². The maximum absolute atomic E-state index is 8.84. The summed E-state index contributed by atoms with van der Waals surface area (Å²) in [4.78, 5) is 0. The summed E-state index contributed by atoms with van der Waals surface area (Å²) in [5, 5.41) is 9.71. The number of rotatable bonds is 3. The number of hydrogen-bond acceptors (Lipinski definition) is 1. The first-order valence-corrected chi connectivity index (χ1v) is 5.01. The molecule has 0 N–H and O–H groups in total. The molecule has 0 spiro atoms. The van der Waals surface area contributed by atoms with E-state index in [-0.39, 0.29) is 5.92 Å². The Kier molecular flexibility index (Phi) is 3.83. The summed E-state index contributed by atoms with van der Waals surface area (Å²) < 4.78 is 0. The van der Waals surface area contributed by atoms with Crippen molar-refractivity contribution in [2.24, 2.45) is 0 Å². The summed E-state index contributed by atoms with van der Waals surface area (Å²) >= 11 is 3.34. The smallest absolute Gasteiger partial charge is 0.0720 e. The van der Waals surface area contributed by atoms with E-state index in [1.165, 1.54) is 0 Å². The van der Waals surface area contributed by atoms with Gasteiger partial charge in [-0.25, -0.2) is 0 Å². The van der Waals surface area contributed by atoms with Crippen LogP contribution >= 0.6 is 15.9 Å². The zero-order valence-electron chi connectivity index (χ0n) is 6.70. The van der Waals surface area contributed by atoms with Crippen molar-refractivity contribution in [2.45, 2.75) is 12.3 Å². The summed E-state index contributed by atoms with van der Waals surface area (Å²) in [5.41, 5.74) is 1.11. The summed E-state index contributed by atoms with van der Waals surface area (Å²) in [6.45, 7) is 0.